The number of carbonyl (C=O) groups excluding carboxylic acids is 2. The van der Waals surface area contributed by atoms with Crippen LogP contribution in [-0.2, 0) is 9.59 Å². The summed E-state index contributed by atoms with van der Waals surface area (Å²) in [6, 6.07) is 22.0. The zero-order chi connectivity index (χ0) is 23.4. The van der Waals surface area contributed by atoms with Crippen molar-refractivity contribution in [1.82, 2.24) is 10.2 Å². The van der Waals surface area contributed by atoms with Crippen molar-refractivity contribution >= 4 is 28.3 Å². The van der Waals surface area contributed by atoms with Gasteiger partial charge in [-0.1, -0.05) is 61.5 Å². The van der Waals surface area contributed by atoms with Crippen molar-refractivity contribution < 1.29 is 9.59 Å². The lowest BCUT2D eigenvalue weighted by Crippen LogP contribution is -2.48. The Labute approximate surface area is 200 Å². The number of hydrogen-bond donors (Lipinski definition) is 1. The molecule has 6 rings (SSSR count). The lowest BCUT2D eigenvalue weighted by Gasteiger charge is -2.41. The first-order valence-corrected chi connectivity index (χ1v) is 12.5. The number of para-hydroxylation sites is 1. The molecule has 3 aromatic rings. The molecule has 3 atom stereocenters. The van der Waals surface area contributed by atoms with Crippen LogP contribution in [0.2, 0.25) is 0 Å². The molecular weight excluding hydrogens is 422 g/mol. The molecule has 2 unspecified atom stereocenters. The maximum atomic E-state index is 13.5. The van der Waals surface area contributed by atoms with Crippen molar-refractivity contribution in [1.29, 1.82) is 0 Å². The zero-order valence-corrected chi connectivity index (χ0v) is 19.8. The van der Waals surface area contributed by atoms with E-state index in [1.54, 1.807) is 7.05 Å². The van der Waals surface area contributed by atoms with E-state index in [-0.39, 0.29) is 30.2 Å². The van der Waals surface area contributed by atoms with Gasteiger partial charge in [0, 0.05) is 50.2 Å². The van der Waals surface area contributed by atoms with Crippen molar-refractivity contribution in [2.24, 2.45) is 0 Å². The molecule has 1 saturated heterocycles. The predicted molar refractivity (Wildman–Crippen MR) is 135 cm³/mol. The van der Waals surface area contributed by atoms with Gasteiger partial charge in [0.1, 0.15) is 0 Å². The minimum atomic E-state index is -0.379. The van der Waals surface area contributed by atoms with Crippen molar-refractivity contribution in [3.63, 3.8) is 0 Å². The molecule has 5 heteroatoms. The van der Waals surface area contributed by atoms with Gasteiger partial charge in [-0.15, -0.1) is 0 Å². The van der Waals surface area contributed by atoms with Crippen LogP contribution in [0.5, 0.6) is 0 Å². The summed E-state index contributed by atoms with van der Waals surface area (Å²) in [5.41, 5.74) is 4.89. The summed E-state index contributed by atoms with van der Waals surface area (Å²) in [7, 11) is 1.63. The normalized spacial score (nSPS) is 24.6. The van der Waals surface area contributed by atoms with Crippen molar-refractivity contribution in [3.8, 4) is 0 Å². The highest BCUT2D eigenvalue weighted by atomic mass is 16.2. The largest absolute Gasteiger partial charge is 0.359 e. The van der Waals surface area contributed by atoms with Gasteiger partial charge in [0.2, 0.25) is 11.8 Å². The molecular formula is C29H31N3O2. The highest BCUT2D eigenvalue weighted by Crippen LogP contribution is 2.49. The number of rotatable bonds is 4. The van der Waals surface area contributed by atoms with Crippen molar-refractivity contribution in [2.45, 2.75) is 50.1 Å². The van der Waals surface area contributed by atoms with Gasteiger partial charge in [-0.3, -0.25) is 14.5 Å². The summed E-state index contributed by atoms with van der Waals surface area (Å²) >= 11 is 0. The van der Waals surface area contributed by atoms with E-state index in [0.717, 1.165) is 37.2 Å². The SMILES string of the molecule is CNC(=O)CC1C(=O)N(C2CCN(C3c4cccc5cccc(c45)[C@@H]3C)CC2)c2ccccc21. The first kappa shape index (κ1) is 21.4. The maximum Gasteiger partial charge on any atom is 0.235 e. The topological polar surface area (TPSA) is 52.7 Å². The average Bonchev–Trinajstić information content (AvgIpc) is 3.31. The van der Waals surface area contributed by atoms with Crippen LogP contribution in [0.15, 0.2) is 60.7 Å². The number of carbonyl (C=O) groups is 2. The van der Waals surface area contributed by atoms with Crippen molar-refractivity contribution in [2.75, 3.05) is 25.0 Å². The highest BCUT2D eigenvalue weighted by molar-refractivity contribution is 6.07. The summed E-state index contributed by atoms with van der Waals surface area (Å²) in [5, 5.41) is 5.45. The number of piperidine rings is 1. The molecule has 3 aromatic carbocycles. The molecule has 3 aliphatic rings. The third-order valence-corrected chi connectivity index (χ3v) is 8.29. The van der Waals surface area contributed by atoms with Crippen LogP contribution in [0.25, 0.3) is 10.8 Å². The summed E-state index contributed by atoms with van der Waals surface area (Å²) in [6.07, 6.45) is 2.11. The first-order valence-electron chi connectivity index (χ1n) is 12.5. The van der Waals surface area contributed by atoms with Gasteiger partial charge < -0.3 is 10.2 Å². The quantitative estimate of drug-likeness (QED) is 0.621. The van der Waals surface area contributed by atoms with Gasteiger partial charge >= 0.3 is 0 Å². The van der Waals surface area contributed by atoms with Crippen LogP contribution < -0.4 is 10.2 Å². The molecule has 1 aliphatic carbocycles. The van der Waals surface area contributed by atoms with Crippen LogP contribution in [0.3, 0.4) is 0 Å². The second-order valence-corrected chi connectivity index (χ2v) is 9.99. The molecule has 0 radical (unpaired) electrons. The van der Waals surface area contributed by atoms with Crippen LogP contribution in [-0.4, -0.2) is 42.9 Å². The molecule has 0 aromatic heterocycles. The van der Waals surface area contributed by atoms with Crippen LogP contribution >= 0.6 is 0 Å². The Morgan fingerprint density at radius 3 is 2.35 bits per heavy atom. The molecule has 0 saturated carbocycles. The molecule has 2 amide bonds. The lowest BCUT2D eigenvalue weighted by molar-refractivity contribution is -0.126. The fourth-order valence-electron chi connectivity index (χ4n) is 6.68. The number of anilines is 1. The molecule has 174 valence electrons. The maximum absolute atomic E-state index is 13.5. The molecule has 0 spiro atoms. The Kier molecular flexibility index (Phi) is 5.18. The second kappa shape index (κ2) is 8.24. The van der Waals surface area contributed by atoms with E-state index in [9.17, 15) is 9.59 Å². The van der Waals surface area contributed by atoms with Gasteiger partial charge in [-0.05, 0) is 46.4 Å². The highest BCUT2D eigenvalue weighted by Gasteiger charge is 2.43. The fraction of sp³-hybridized carbons (Fsp3) is 0.379. The molecule has 5 nitrogen and oxygen atoms in total. The Morgan fingerprint density at radius 2 is 1.62 bits per heavy atom. The van der Waals surface area contributed by atoms with E-state index in [2.05, 4.69) is 53.5 Å². The Morgan fingerprint density at radius 1 is 0.941 bits per heavy atom. The Balaban J connectivity index is 1.23. The number of nitrogens with zero attached hydrogens (tertiary/aromatic N) is 2. The number of fused-ring (bicyclic) bond motifs is 1. The molecule has 0 bridgehead atoms. The van der Waals surface area contributed by atoms with E-state index in [0.29, 0.717) is 12.0 Å². The molecule has 34 heavy (non-hydrogen) atoms. The summed E-state index contributed by atoms with van der Waals surface area (Å²) in [4.78, 5) is 30.3. The van der Waals surface area contributed by atoms with Crippen LogP contribution in [0.1, 0.15) is 60.8 Å². The minimum absolute atomic E-state index is 0.0784. The monoisotopic (exact) mass is 453 g/mol. The third kappa shape index (κ3) is 3.17. The van der Waals surface area contributed by atoms with E-state index >= 15 is 0 Å². The minimum Gasteiger partial charge on any atom is -0.359 e. The van der Waals surface area contributed by atoms with Gasteiger partial charge in [0.25, 0.3) is 0 Å². The van der Waals surface area contributed by atoms with E-state index < -0.39 is 0 Å². The van der Waals surface area contributed by atoms with Gasteiger partial charge in [-0.25, -0.2) is 0 Å². The third-order valence-electron chi connectivity index (χ3n) is 8.29. The number of nitrogens with one attached hydrogen (secondary N) is 1. The zero-order valence-electron chi connectivity index (χ0n) is 19.8. The molecule has 2 aliphatic heterocycles. The first-order chi connectivity index (χ1) is 16.6. The number of benzene rings is 3. The average molecular weight is 454 g/mol. The molecule has 1 N–H and O–H groups in total. The van der Waals surface area contributed by atoms with E-state index in [1.807, 2.05) is 29.2 Å². The Hall–Kier alpha value is -3.18. The molecule has 1 fully saturated rings. The predicted octanol–water partition coefficient (Wildman–Crippen LogP) is 4.73. The van der Waals surface area contributed by atoms with Crippen LogP contribution in [0.4, 0.5) is 5.69 Å². The summed E-state index contributed by atoms with van der Waals surface area (Å²) in [6.45, 7) is 4.29. The summed E-state index contributed by atoms with van der Waals surface area (Å²) in [5.74, 6) is 0.0725. The Bertz CT molecular complexity index is 1270. The van der Waals surface area contributed by atoms with Gasteiger partial charge in [0.05, 0.1) is 5.92 Å². The van der Waals surface area contributed by atoms with Crippen molar-refractivity contribution in [3.05, 3.63) is 77.4 Å². The fourth-order valence-corrected chi connectivity index (χ4v) is 6.68. The second-order valence-electron chi connectivity index (χ2n) is 9.99. The summed E-state index contributed by atoms with van der Waals surface area (Å²) < 4.78 is 0. The molecule has 2 heterocycles. The van der Waals surface area contributed by atoms with Gasteiger partial charge in [-0.2, -0.15) is 0 Å². The number of likely N-dealkylation sites (tertiary alicyclic amines) is 1. The van der Waals surface area contributed by atoms with Gasteiger partial charge in [0.15, 0.2) is 0 Å². The number of hydrogen-bond acceptors (Lipinski definition) is 3. The lowest BCUT2D eigenvalue weighted by atomic mass is 9.93. The standard InChI is InChI=1S/C29H31N3O2/c1-18-21-10-5-7-19-8-6-11-23(27(19)21)28(18)31-15-13-20(14-16-31)32-25-12-4-3-9-22(25)24(29(32)34)17-26(33)30-2/h3-12,18,20,24,28H,13-17H2,1-2H3,(H,30,33)/t18-,24?,28?/m0/s1. The van der Waals surface area contributed by atoms with E-state index in [4.69, 9.17) is 0 Å². The number of amides is 2. The smallest absolute Gasteiger partial charge is 0.235 e. The van der Waals surface area contributed by atoms with E-state index in [1.165, 1.54) is 21.9 Å². The van der Waals surface area contributed by atoms with Crippen LogP contribution in [0, 0.1) is 0 Å².